The van der Waals surface area contributed by atoms with Gasteiger partial charge in [-0.25, -0.2) is 0 Å². The topological polar surface area (TPSA) is 66.7 Å². The summed E-state index contributed by atoms with van der Waals surface area (Å²) in [5.41, 5.74) is 2.42. The lowest BCUT2D eigenvalue weighted by Crippen LogP contribution is -2.43. The second-order valence-electron chi connectivity index (χ2n) is 7.52. The lowest BCUT2D eigenvalue weighted by atomic mass is 10.0. The maximum atomic E-state index is 5.63. The third kappa shape index (κ3) is 6.87. The Kier molecular flexibility index (Phi) is 10.4. The second kappa shape index (κ2) is 12.8. The molecule has 1 aliphatic heterocycles. The highest BCUT2D eigenvalue weighted by Crippen LogP contribution is 2.31. The Balaban J connectivity index is 0.00000320. The minimum atomic E-state index is 0. The molecular formula is C22H35IN6O. The number of aryl methyl sites for hydroxylation is 2. The predicted molar refractivity (Wildman–Crippen MR) is 133 cm³/mol. The van der Waals surface area contributed by atoms with Crippen LogP contribution in [0.4, 0.5) is 0 Å². The van der Waals surface area contributed by atoms with Gasteiger partial charge in [-0.05, 0) is 50.9 Å². The van der Waals surface area contributed by atoms with Gasteiger partial charge in [-0.15, -0.1) is 24.0 Å². The molecule has 7 nitrogen and oxygen atoms in total. The van der Waals surface area contributed by atoms with E-state index in [-0.39, 0.29) is 30.0 Å². The highest BCUT2D eigenvalue weighted by Gasteiger charge is 2.25. The van der Waals surface area contributed by atoms with E-state index < -0.39 is 0 Å². The molecule has 1 aliphatic rings. The van der Waals surface area contributed by atoms with E-state index in [0.29, 0.717) is 0 Å². The lowest BCUT2D eigenvalue weighted by molar-refractivity contribution is 0.239. The van der Waals surface area contributed by atoms with Crippen molar-refractivity contribution in [2.75, 3.05) is 40.3 Å². The third-order valence-corrected chi connectivity index (χ3v) is 5.38. The highest BCUT2D eigenvalue weighted by molar-refractivity contribution is 14.0. The molecule has 166 valence electrons. The molecule has 8 heteroatoms. The monoisotopic (exact) mass is 526 g/mol. The molecule has 0 saturated carbocycles. The first-order chi connectivity index (χ1) is 14.2. The summed E-state index contributed by atoms with van der Waals surface area (Å²) >= 11 is 0. The van der Waals surface area contributed by atoms with Crippen LogP contribution in [0.1, 0.15) is 36.4 Å². The standard InChI is InChI=1S/C22H34N6O.HI/c1-18-15-26-28(17-18)14-8-11-24-22(23-2)25-16-20(27-12-6-7-13-27)19-9-4-5-10-21(19)29-3;/h4-5,9-10,15,17,20H,6-8,11-14,16H2,1-3H3,(H2,23,24,25);1H. The van der Waals surface area contributed by atoms with Crippen molar-refractivity contribution in [1.82, 2.24) is 25.3 Å². The van der Waals surface area contributed by atoms with Crippen molar-refractivity contribution in [2.24, 2.45) is 4.99 Å². The number of hydrogen-bond acceptors (Lipinski definition) is 4. The molecule has 2 heterocycles. The number of ether oxygens (including phenoxy) is 1. The van der Waals surface area contributed by atoms with Gasteiger partial charge in [0, 0.05) is 38.4 Å². The van der Waals surface area contributed by atoms with Crippen LogP contribution in [0, 0.1) is 6.92 Å². The summed E-state index contributed by atoms with van der Waals surface area (Å²) in [6.45, 7) is 6.85. The molecule has 1 fully saturated rings. The van der Waals surface area contributed by atoms with Crippen LogP contribution in [0.15, 0.2) is 41.7 Å². The number of para-hydroxylation sites is 1. The van der Waals surface area contributed by atoms with Gasteiger partial charge >= 0.3 is 0 Å². The SMILES string of the molecule is CN=C(NCCCn1cc(C)cn1)NCC(c1ccccc1OC)N1CCCC1.I. The van der Waals surface area contributed by atoms with Crippen molar-refractivity contribution >= 4 is 29.9 Å². The largest absolute Gasteiger partial charge is 0.496 e. The van der Waals surface area contributed by atoms with Crippen LogP contribution in [0.5, 0.6) is 5.75 Å². The first-order valence-corrected chi connectivity index (χ1v) is 10.5. The van der Waals surface area contributed by atoms with Crippen LogP contribution in [0.3, 0.4) is 0 Å². The average molecular weight is 526 g/mol. The van der Waals surface area contributed by atoms with Crippen molar-refractivity contribution in [2.45, 2.75) is 38.8 Å². The molecule has 2 N–H and O–H groups in total. The smallest absolute Gasteiger partial charge is 0.191 e. The molecule has 1 atom stereocenters. The zero-order valence-corrected chi connectivity index (χ0v) is 20.6. The summed E-state index contributed by atoms with van der Waals surface area (Å²) in [6, 6.07) is 8.59. The van der Waals surface area contributed by atoms with Crippen LogP contribution < -0.4 is 15.4 Å². The van der Waals surface area contributed by atoms with Gasteiger partial charge in [0.1, 0.15) is 5.75 Å². The number of aromatic nitrogens is 2. The van der Waals surface area contributed by atoms with Gasteiger partial charge in [0.05, 0.1) is 19.3 Å². The van der Waals surface area contributed by atoms with Crippen LogP contribution in [-0.4, -0.2) is 61.0 Å². The number of aliphatic imine (C=N–C) groups is 1. The van der Waals surface area contributed by atoms with Crippen molar-refractivity contribution in [3.8, 4) is 5.75 Å². The third-order valence-electron chi connectivity index (χ3n) is 5.38. The molecular weight excluding hydrogens is 491 g/mol. The van der Waals surface area contributed by atoms with Gasteiger partial charge in [0.2, 0.25) is 0 Å². The molecule has 0 amide bonds. The number of methoxy groups -OCH3 is 1. The van der Waals surface area contributed by atoms with Gasteiger partial charge in [0.15, 0.2) is 5.96 Å². The van der Waals surface area contributed by atoms with E-state index in [4.69, 9.17) is 4.74 Å². The summed E-state index contributed by atoms with van der Waals surface area (Å²) < 4.78 is 7.62. The van der Waals surface area contributed by atoms with Gasteiger partial charge in [0.25, 0.3) is 0 Å². The molecule has 30 heavy (non-hydrogen) atoms. The molecule has 0 radical (unpaired) electrons. The summed E-state index contributed by atoms with van der Waals surface area (Å²) in [5, 5.41) is 11.3. The molecule has 0 aliphatic carbocycles. The van der Waals surface area contributed by atoms with E-state index in [2.05, 4.69) is 50.9 Å². The zero-order chi connectivity index (χ0) is 20.5. The molecule has 1 unspecified atom stereocenters. The Labute approximate surface area is 197 Å². The summed E-state index contributed by atoms with van der Waals surface area (Å²) in [7, 11) is 3.56. The van der Waals surface area contributed by atoms with E-state index in [1.807, 2.05) is 30.1 Å². The van der Waals surface area contributed by atoms with E-state index in [0.717, 1.165) is 50.9 Å². The number of hydrogen-bond donors (Lipinski definition) is 2. The summed E-state index contributed by atoms with van der Waals surface area (Å²) in [5.74, 6) is 1.78. The molecule has 1 aromatic heterocycles. The molecule has 2 aromatic rings. The minimum Gasteiger partial charge on any atom is -0.496 e. The number of nitrogens with one attached hydrogen (secondary N) is 2. The fourth-order valence-electron chi connectivity index (χ4n) is 3.88. The molecule has 1 aromatic carbocycles. The van der Waals surface area contributed by atoms with Gasteiger partial charge in [-0.1, -0.05) is 18.2 Å². The van der Waals surface area contributed by atoms with E-state index in [9.17, 15) is 0 Å². The fraction of sp³-hybridized carbons (Fsp3) is 0.545. The van der Waals surface area contributed by atoms with Gasteiger partial charge < -0.3 is 15.4 Å². The lowest BCUT2D eigenvalue weighted by Gasteiger charge is -2.30. The Hall–Kier alpha value is -1.81. The normalized spacial score (nSPS) is 15.5. The Morgan fingerprint density at radius 2 is 2.00 bits per heavy atom. The van der Waals surface area contributed by atoms with E-state index in [1.165, 1.54) is 24.0 Å². The number of likely N-dealkylation sites (tertiary alicyclic amines) is 1. The van der Waals surface area contributed by atoms with Crippen molar-refractivity contribution in [3.63, 3.8) is 0 Å². The van der Waals surface area contributed by atoms with Crippen molar-refractivity contribution in [1.29, 1.82) is 0 Å². The van der Waals surface area contributed by atoms with Crippen LogP contribution in [0.2, 0.25) is 0 Å². The Morgan fingerprint density at radius 3 is 2.67 bits per heavy atom. The number of benzene rings is 1. The zero-order valence-electron chi connectivity index (χ0n) is 18.3. The Bertz CT molecular complexity index is 787. The van der Waals surface area contributed by atoms with Gasteiger partial charge in [-0.3, -0.25) is 14.6 Å². The quantitative estimate of drug-likeness (QED) is 0.228. The highest BCUT2D eigenvalue weighted by atomic mass is 127. The Morgan fingerprint density at radius 1 is 1.23 bits per heavy atom. The first-order valence-electron chi connectivity index (χ1n) is 10.5. The second-order valence-corrected chi connectivity index (χ2v) is 7.52. The number of halogens is 1. The maximum absolute atomic E-state index is 5.63. The van der Waals surface area contributed by atoms with Crippen LogP contribution in [-0.2, 0) is 6.54 Å². The molecule has 1 saturated heterocycles. The van der Waals surface area contributed by atoms with E-state index >= 15 is 0 Å². The first kappa shape index (κ1) is 24.5. The molecule has 3 rings (SSSR count). The number of rotatable bonds is 9. The fourth-order valence-corrected chi connectivity index (χ4v) is 3.88. The average Bonchev–Trinajstić information content (AvgIpc) is 3.42. The molecule has 0 spiro atoms. The minimum absolute atomic E-state index is 0. The van der Waals surface area contributed by atoms with Crippen LogP contribution >= 0.6 is 24.0 Å². The number of guanidine groups is 1. The maximum Gasteiger partial charge on any atom is 0.191 e. The number of nitrogens with zero attached hydrogens (tertiary/aromatic N) is 4. The molecule has 0 bridgehead atoms. The van der Waals surface area contributed by atoms with Crippen LogP contribution in [0.25, 0.3) is 0 Å². The van der Waals surface area contributed by atoms with Crippen molar-refractivity contribution in [3.05, 3.63) is 47.8 Å². The van der Waals surface area contributed by atoms with E-state index in [1.54, 1.807) is 7.11 Å². The summed E-state index contributed by atoms with van der Waals surface area (Å²) in [6.07, 6.45) is 7.46. The summed E-state index contributed by atoms with van der Waals surface area (Å²) in [4.78, 5) is 6.93. The predicted octanol–water partition coefficient (Wildman–Crippen LogP) is 3.21. The van der Waals surface area contributed by atoms with Crippen molar-refractivity contribution < 1.29 is 4.74 Å². The van der Waals surface area contributed by atoms with Gasteiger partial charge in [-0.2, -0.15) is 5.10 Å².